The zero-order valence-corrected chi connectivity index (χ0v) is 20.6. The Balaban J connectivity index is 1.65. The lowest BCUT2D eigenvalue weighted by molar-refractivity contribution is -0.122. The fraction of sp³-hybridized carbons (Fsp3) is 0.192. The Bertz CT molecular complexity index is 1400. The molecule has 3 aromatic carbocycles. The summed E-state index contributed by atoms with van der Waals surface area (Å²) in [7, 11) is -4.22. The van der Waals surface area contributed by atoms with Crippen molar-refractivity contribution in [3.8, 4) is 0 Å². The molecule has 0 radical (unpaired) electrons. The van der Waals surface area contributed by atoms with Gasteiger partial charge in [-0.3, -0.25) is 18.7 Å². The summed E-state index contributed by atoms with van der Waals surface area (Å²) in [5, 5.41) is 8.10. The van der Waals surface area contributed by atoms with E-state index in [-0.39, 0.29) is 29.5 Å². The van der Waals surface area contributed by atoms with E-state index in [0.717, 1.165) is 15.4 Å². The highest BCUT2D eigenvalue weighted by Gasteiger charge is 2.42. The third-order valence-electron chi connectivity index (χ3n) is 5.72. The molecule has 0 saturated heterocycles. The number of fused-ring (bicyclic) bond motifs is 1. The van der Waals surface area contributed by atoms with E-state index in [2.05, 4.69) is 16.0 Å². The Morgan fingerprint density at radius 3 is 2.31 bits per heavy atom. The smallest absolute Gasteiger partial charge is 0.265 e. The number of carbonyl (C=O) groups is 3. The molecule has 1 aliphatic heterocycles. The molecule has 10 heteroatoms. The van der Waals surface area contributed by atoms with Crippen LogP contribution in [-0.2, 0) is 31.0 Å². The quantitative estimate of drug-likeness (QED) is 0.454. The number of hydrogen-bond donors (Lipinski definition) is 3. The first-order valence-corrected chi connectivity index (χ1v) is 12.7. The Hall–Kier alpha value is -4.18. The third-order valence-corrected chi connectivity index (χ3v) is 7.56. The monoisotopic (exact) mass is 506 g/mol. The molecule has 9 nitrogen and oxygen atoms in total. The van der Waals surface area contributed by atoms with Gasteiger partial charge in [-0.05, 0) is 48.9 Å². The second-order valence-corrected chi connectivity index (χ2v) is 10.3. The van der Waals surface area contributed by atoms with Crippen LogP contribution in [0.2, 0.25) is 0 Å². The van der Waals surface area contributed by atoms with Crippen molar-refractivity contribution >= 4 is 44.8 Å². The van der Waals surface area contributed by atoms with Gasteiger partial charge < -0.3 is 16.0 Å². The van der Waals surface area contributed by atoms with Gasteiger partial charge in [-0.25, -0.2) is 8.42 Å². The molecule has 0 fully saturated rings. The van der Waals surface area contributed by atoms with E-state index >= 15 is 0 Å². The van der Waals surface area contributed by atoms with Gasteiger partial charge >= 0.3 is 0 Å². The molecular weight excluding hydrogens is 480 g/mol. The van der Waals surface area contributed by atoms with Crippen molar-refractivity contribution in [1.29, 1.82) is 0 Å². The molecule has 186 valence electrons. The molecule has 0 unspecified atom stereocenters. The van der Waals surface area contributed by atoms with Crippen LogP contribution in [-0.4, -0.2) is 32.2 Å². The highest BCUT2D eigenvalue weighted by Crippen LogP contribution is 2.37. The Morgan fingerprint density at radius 2 is 1.64 bits per heavy atom. The van der Waals surface area contributed by atoms with Crippen molar-refractivity contribution in [2.75, 3.05) is 14.9 Å². The summed E-state index contributed by atoms with van der Waals surface area (Å²) in [5.41, 5.74) is 2.90. The van der Waals surface area contributed by atoms with Crippen LogP contribution in [0, 0.1) is 6.92 Å². The van der Waals surface area contributed by atoms with E-state index in [4.69, 9.17) is 0 Å². The first kappa shape index (κ1) is 24.9. The zero-order valence-electron chi connectivity index (χ0n) is 19.8. The van der Waals surface area contributed by atoms with E-state index in [0.29, 0.717) is 11.4 Å². The van der Waals surface area contributed by atoms with E-state index in [1.165, 1.54) is 19.1 Å². The lowest BCUT2D eigenvalue weighted by Crippen LogP contribution is -2.52. The number of hydrogen-bond acceptors (Lipinski definition) is 5. The molecule has 1 atom stereocenters. The topological polar surface area (TPSA) is 125 Å². The summed E-state index contributed by atoms with van der Waals surface area (Å²) in [5.74, 6) is -1.29. The molecule has 0 bridgehead atoms. The molecule has 4 rings (SSSR count). The van der Waals surface area contributed by atoms with Crippen LogP contribution in [0.25, 0.3) is 0 Å². The van der Waals surface area contributed by atoms with Gasteiger partial charge in [0.2, 0.25) is 17.7 Å². The van der Waals surface area contributed by atoms with Crippen molar-refractivity contribution in [2.24, 2.45) is 0 Å². The van der Waals surface area contributed by atoms with Gasteiger partial charge in [0.15, 0.2) is 0 Å². The molecule has 1 aliphatic rings. The van der Waals surface area contributed by atoms with Crippen LogP contribution < -0.4 is 20.3 Å². The van der Waals surface area contributed by atoms with Crippen LogP contribution in [0.3, 0.4) is 0 Å². The fourth-order valence-electron chi connectivity index (χ4n) is 3.88. The molecular formula is C26H26N4O5S. The number of carbonyl (C=O) groups excluding carboxylic acids is 3. The SMILES string of the molecule is CC(=O)NCc1ccc(S(=O)(=O)N2c3ccccc3NC(=O)[C@@H]2CC(=O)Nc2ccc(C)cc2)cc1. The number of rotatable bonds is 7. The average Bonchev–Trinajstić information content (AvgIpc) is 2.84. The second kappa shape index (κ2) is 10.2. The summed E-state index contributed by atoms with van der Waals surface area (Å²) in [4.78, 5) is 37.0. The Morgan fingerprint density at radius 1 is 0.972 bits per heavy atom. The number of nitrogens with one attached hydrogen (secondary N) is 3. The largest absolute Gasteiger partial charge is 0.352 e. The number of sulfonamides is 1. The highest BCUT2D eigenvalue weighted by molar-refractivity contribution is 7.93. The van der Waals surface area contributed by atoms with Gasteiger partial charge in [-0.15, -0.1) is 0 Å². The van der Waals surface area contributed by atoms with Crippen molar-refractivity contribution in [3.63, 3.8) is 0 Å². The van der Waals surface area contributed by atoms with Gasteiger partial charge in [-0.1, -0.05) is 42.0 Å². The van der Waals surface area contributed by atoms with Gasteiger partial charge in [0.25, 0.3) is 10.0 Å². The van der Waals surface area contributed by atoms with Gasteiger partial charge in [0, 0.05) is 19.2 Å². The van der Waals surface area contributed by atoms with E-state index < -0.39 is 27.9 Å². The standard InChI is InChI=1S/C26H26N4O5S/c1-17-7-11-20(12-8-17)28-25(32)15-24-26(33)29-22-5-3-4-6-23(22)30(24)36(34,35)21-13-9-19(10-14-21)16-27-18(2)31/h3-14,24H,15-16H2,1-2H3,(H,27,31)(H,28,32)(H,29,33)/t24-/m0/s1. The Labute approximate surface area is 209 Å². The molecule has 36 heavy (non-hydrogen) atoms. The molecule has 0 saturated carbocycles. The summed E-state index contributed by atoms with van der Waals surface area (Å²) in [6, 6.07) is 18.4. The van der Waals surface area contributed by atoms with E-state index in [1.807, 2.05) is 19.1 Å². The van der Waals surface area contributed by atoms with Crippen molar-refractivity contribution in [1.82, 2.24) is 5.32 Å². The summed E-state index contributed by atoms with van der Waals surface area (Å²) < 4.78 is 28.6. The van der Waals surface area contributed by atoms with Crippen molar-refractivity contribution in [3.05, 3.63) is 83.9 Å². The second-order valence-electron chi connectivity index (χ2n) is 8.50. The summed E-state index contributed by atoms with van der Waals surface area (Å²) in [6.07, 6.45) is -0.381. The van der Waals surface area contributed by atoms with Crippen LogP contribution in [0.5, 0.6) is 0 Å². The lowest BCUT2D eigenvalue weighted by Gasteiger charge is -2.36. The summed E-state index contributed by atoms with van der Waals surface area (Å²) in [6.45, 7) is 3.57. The predicted octanol–water partition coefficient (Wildman–Crippen LogP) is 3.18. The average molecular weight is 507 g/mol. The maximum absolute atomic E-state index is 13.8. The minimum atomic E-state index is -4.22. The van der Waals surface area contributed by atoms with Gasteiger partial charge in [-0.2, -0.15) is 0 Å². The normalized spacial score (nSPS) is 15.0. The molecule has 0 spiro atoms. The molecule has 3 aromatic rings. The van der Waals surface area contributed by atoms with Crippen molar-refractivity contribution in [2.45, 2.75) is 37.8 Å². The van der Waals surface area contributed by atoms with E-state index in [1.54, 1.807) is 48.5 Å². The third kappa shape index (κ3) is 5.38. The zero-order chi connectivity index (χ0) is 25.9. The number of aryl methyl sites for hydroxylation is 1. The minimum Gasteiger partial charge on any atom is -0.352 e. The minimum absolute atomic E-state index is 0.0393. The lowest BCUT2D eigenvalue weighted by atomic mass is 10.1. The maximum Gasteiger partial charge on any atom is 0.265 e. The number of benzene rings is 3. The molecule has 0 aromatic heterocycles. The predicted molar refractivity (Wildman–Crippen MR) is 137 cm³/mol. The molecule has 3 N–H and O–H groups in total. The number of nitrogens with zero attached hydrogens (tertiary/aromatic N) is 1. The number of anilines is 3. The number of amides is 3. The van der Waals surface area contributed by atoms with E-state index in [9.17, 15) is 22.8 Å². The van der Waals surface area contributed by atoms with Crippen LogP contribution >= 0.6 is 0 Å². The maximum atomic E-state index is 13.8. The number of para-hydroxylation sites is 2. The van der Waals surface area contributed by atoms with Gasteiger partial charge in [0.05, 0.1) is 22.7 Å². The molecule has 1 heterocycles. The highest BCUT2D eigenvalue weighted by atomic mass is 32.2. The molecule has 0 aliphatic carbocycles. The first-order chi connectivity index (χ1) is 17.1. The van der Waals surface area contributed by atoms with Crippen molar-refractivity contribution < 1.29 is 22.8 Å². The van der Waals surface area contributed by atoms with Crippen LogP contribution in [0.1, 0.15) is 24.5 Å². The Kier molecular flexibility index (Phi) is 7.07. The fourth-order valence-corrected chi connectivity index (χ4v) is 5.51. The summed E-state index contributed by atoms with van der Waals surface area (Å²) >= 11 is 0. The first-order valence-electron chi connectivity index (χ1n) is 11.3. The van der Waals surface area contributed by atoms with Crippen LogP contribution in [0.4, 0.5) is 17.1 Å². The molecule has 3 amide bonds. The van der Waals surface area contributed by atoms with Crippen LogP contribution in [0.15, 0.2) is 77.7 Å². The van der Waals surface area contributed by atoms with Gasteiger partial charge in [0.1, 0.15) is 6.04 Å².